The first-order valence-corrected chi connectivity index (χ1v) is 7.24. The van der Waals surface area contributed by atoms with E-state index in [1.807, 2.05) is 18.7 Å². The Balaban J connectivity index is 2.85. The van der Waals surface area contributed by atoms with Crippen molar-refractivity contribution < 1.29 is 0 Å². The van der Waals surface area contributed by atoms with Gasteiger partial charge in [0, 0.05) is 25.7 Å². The second-order valence-electron chi connectivity index (χ2n) is 4.18. The van der Waals surface area contributed by atoms with Gasteiger partial charge in [-0.1, -0.05) is 0 Å². The molecule has 0 aliphatic rings. The number of rotatable bonds is 6. The van der Waals surface area contributed by atoms with Crippen LogP contribution in [0.1, 0.15) is 23.2 Å². The number of nitrogens with zero attached hydrogens (tertiary/aromatic N) is 3. The van der Waals surface area contributed by atoms with Gasteiger partial charge in [-0.05, 0) is 37.8 Å². The van der Waals surface area contributed by atoms with Crippen molar-refractivity contribution >= 4 is 17.6 Å². The van der Waals surface area contributed by atoms with Crippen LogP contribution < -0.4 is 10.6 Å². The van der Waals surface area contributed by atoms with E-state index in [2.05, 4.69) is 35.3 Å². The van der Waals surface area contributed by atoms with Gasteiger partial charge in [0.2, 0.25) is 0 Å². The summed E-state index contributed by atoms with van der Waals surface area (Å²) in [5.74, 6) is 2.09. The zero-order valence-electron chi connectivity index (χ0n) is 11.2. The Morgan fingerprint density at radius 1 is 1.29 bits per heavy atom. The molecule has 0 amide bonds. The maximum absolute atomic E-state index is 5.81. The van der Waals surface area contributed by atoms with E-state index in [0.29, 0.717) is 6.54 Å². The molecule has 1 aromatic heterocycles. The van der Waals surface area contributed by atoms with Crippen LogP contribution in [0.5, 0.6) is 0 Å². The third kappa shape index (κ3) is 3.57. The van der Waals surface area contributed by atoms with Crippen molar-refractivity contribution in [2.45, 2.75) is 26.8 Å². The maximum Gasteiger partial charge on any atom is 0.155 e. The molecule has 1 rings (SSSR count). The highest BCUT2D eigenvalue weighted by molar-refractivity contribution is 7.98. The summed E-state index contributed by atoms with van der Waals surface area (Å²) in [5.41, 5.74) is 9.06. The zero-order valence-corrected chi connectivity index (χ0v) is 12.0. The van der Waals surface area contributed by atoms with E-state index in [0.717, 1.165) is 35.6 Å². The van der Waals surface area contributed by atoms with Gasteiger partial charge in [0.1, 0.15) is 0 Å². The van der Waals surface area contributed by atoms with Crippen LogP contribution in [-0.4, -0.2) is 35.8 Å². The normalized spacial score (nSPS) is 10.6. The molecule has 0 saturated carbocycles. The Bertz CT molecular complexity index is 368. The maximum atomic E-state index is 5.81. The molecule has 0 saturated heterocycles. The van der Waals surface area contributed by atoms with Gasteiger partial charge in [0.25, 0.3) is 0 Å². The summed E-state index contributed by atoms with van der Waals surface area (Å²) in [4.78, 5) is 2.15. The van der Waals surface area contributed by atoms with Crippen LogP contribution in [0, 0.1) is 13.8 Å². The Morgan fingerprint density at radius 2 is 2.00 bits per heavy atom. The summed E-state index contributed by atoms with van der Waals surface area (Å²) in [6, 6.07) is 0. The van der Waals surface area contributed by atoms with Crippen LogP contribution >= 0.6 is 11.8 Å². The monoisotopic (exact) mass is 254 g/mol. The van der Waals surface area contributed by atoms with Gasteiger partial charge < -0.3 is 10.6 Å². The van der Waals surface area contributed by atoms with Gasteiger partial charge in [-0.25, -0.2) is 0 Å². The van der Waals surface area contributed by atoms with E-state index in [-0.39, 0.29) is 0 Å². The van der Waals surface area contributed by atoms with E-state index >= 15 is 0 Å². The molecule has 0 aromatic carbocycles. The highest BCUT2D eigenvalue weighted by atomic mass is 32.2. The number of aryl methyl sites for hydroxylation is 1. The van der Waals surface area contributed by atoms with Crippen molar-refractivity contribution in [2.75, 3.05) is 30.5 Å². The number of hydrogen-bond acceptors (Lipinski definition) is 5. The molecule has 0 aliphatic heterocycles. The number of aromatic nitrogens is 2. The number of anilines is 1. The zero-order chi connectivity index (χ0) is 12.8. The molecule has 4 nitrogen and oxygen atoms in total. The third-order valence-corrected chi connectivity index (χ3v) is 3.66. The SMILES string of the molecule is CSCCCN(C)c1nnc(C)c(C)c1CN. The number of nitrogens with two attached hydrogens (primary N) is 1. The predicted molar refractivity (Wildman–Crippen MR) is 75.7 cm³/mol. The lowest BCUT2D eigenvalue weighted by Gasteiger charge is -2.21. The first-order valence-electron chi connectivity index (χ1n) is 5.84. The van der Waals surface area contributed by atoms with Crippen LogP contribution in [-0.2, 0) is 6.54 Å². The van der Waals surface area contributed by atoms with E-state index in [4.69, 9.17) is 5.73 Å². The summed E-state index contributed by atoms with van der Waals surface area (Å²) in [6.07, 6.45) is 3.28. The molecule has 2 N–H and O–H groups in total. The topological polar surface area (TPSA) is 55.0 Å². The molecular formula is C12H22N4S. The molecule has 0 radical (unpaired) electrons. The fraction of sp³-hybridized carbons (Fsp3) is 0.667. The van der Waals surface area contributed by atoms with Crippen molar-refractivity contribution in [1.29, 1.82) is 0 Å². The van der Waals surface area contributed by atoms with Gasteiger partial charge in [-0.3, -0.25) is 0 Å². The lowest BCUT2D eigenvalue weighted by atomic mass is 10.1. The first kappa shape index (κ1) is 14.3. The van der Waals surface area contributed by atoms with E-state index in [1.165, 1.54) is 5.75 Å². The largest absolute Gasteiger partial charge is 0.358 e. The lowest BCUT2D eigenvalue weighted by Crippen LogP contribution is -2.24. The fourth-order valence-corrected chi connectivity index (χ4v) is 2.16. The first-order chi connectivity index (χ1) is 8.11. The van der Waals surface area contributed by atoms with Gasteiger partial charge in [-0.2, -0.15) is 16.9 Å². The predicted octanol–water partition coefficient (Wildman–Crippen LogP) is 1.74. The van der Waals surface area contributed by atoms with Gasteiger partial charge in [0.05, 0.1) is 5.69 Å². The molecule has 5 heteroatoms. The van der Waals surface area contributed by atoms with E-state index in [9.17, 15) is 0 Å². The van der Waals surface area contributed by atoms with Crippen molar-refractivity contribution in [1.82, 2.24) is 10.2 Å². The summed E-state index contributed by atoms with van der Waals surface area (Å²) in [6.45, 7) is 5.54. The average Bonchev–Trinajstić information content (AvgIpc) is 2.32. The third-order valence-electron chi connectivity index (χ3n) is 2.97. The minimum Gasteiger partial charge on any atom is -0.358 e. The minimum absolute atomic E-state index is 0.518. The fourth-order valence-electron chi connectivity index (χ4n) is 1.75. The molecule has 1 aromatic rings. The number of thioether (sulfide) groups is 1. The van der Waals surface area contributed by atoms with Crippen LogP contribution in [0.25, 0.3) is 0 Å². The number of hydrogen-bond donors (Lipinski definition) is 1. The van der Waals surface area contributed by atoms with E-state index < -0.39 is 0 Å². The molecule has 1 heterocycles. The average molecular weight is 254 g/mol. The van der Waals surface area contributed by atoms with Crippen LogP contribution in [0.2, 0.25) is 0 Å². The van der Waals surface area contributed by atoms with Crippen molar-refractivity contribution in [2.24, 2.45) is 5.73 Å². The second-order valence-corrected chi connectivity index (χ2v) is 5.17. The molecule has 0 atom stereocenters. The van der Waals surface area contributed by atoms with Crippen LogP contribution in [0.4, 0.5) is 5.82 Å². The summed E-state index contributed by atoms with van der Waals surface area (Å²) >= 11 is 1.87. The summed E-state index contributed by atoms with van der Waals surface area (Å²) in [7, 11) is 2.05. The highest BCUT2D eigenvalue weighted by Gasteiger charge is 2.12. The Kier molecular flexibility index (Phi) is 5.71. The van der Waals surface area contributed by atoms with Gasteiger partial charge >= 0.3 is 0 Å². The Hall–Kier alpha value is -0.810. The molecule has 0 fully saturated rings. The van der Waals surface area contributed by atoms with Crippen molar-refractivity contribution in [3.8, 4) is 0 Å². The van der Waals surface area contributed by atoms with Crippen LogP contribution in [0.3, 0.4) is 0 Å². The second kappa shape index (κ2) is 6.81. The van der Waals surface area contributed by atoms with Gasteiger partial charge in [0.15, 0.2) is 5.82 Å². The Morgan fingerprint density at radius 3 is 2.59 bits per heavy atom. The van der Waals surface area contributed by atoms with Crippen molar-refractivity contribution in [3.05, 3.63) is 16.8 Å². The minimum atomic E-state index is 0.518. The molecule has 17 heavy (non-hydrogen) atoms. The molecule has 0 bridgehead atoms. The van der Waals surface area contributed by atoms with Gasteiger partial charge in [-0.15, -0.1) is 5.10 Å². The van der Waals surface area contributed by atoms with Crippen molar-refractivity contribution in [3.63, 3.8) is 0 Å². The smallest absolute Gasteiger partial charge is 0.155 e. The molecular weight excluding hydrogens is 232 g/mol. The highest BCUT2D eigenvalue weighted by Crippen LogP contribution is 2.20. The molecule has 0 unspecified atom stereocenters. The summed E-state index contributed by atoms with van der Waals surface area (Å²) < 4.78 is 0. The molecule has 0 spiro atoms. The molecule has 0 aliphatic carbocycles. The van der Waals surface area contributed by atoms with Crippen LogP contribution in [0.15, 0.2) is 0 Å². The van der Waals surface area contributed by atoms with E-state index in [1.54, 1.807) is 0 Å². The Labute approximate surface area is 108 Å². The lowest BCUT2D eigenvalue weighted by molar-refractivity contribution is 0.800. The molecule has 96 valence electrons. The quantitative estimate of drug-likeness (QED) is 0.784. The summed E-state index contributed by atoms with van der Waals surface area (Å²) in [5, 5.41) is 8.46. The standard InChI is InChI=1S/C12H22N4S/c1-9-10(2)14-15-12(11(9)8-13)16(3)6-5-7-17-4/h5-8,13H2,1-4H3.